The molecular formula is C15H28Cl2N4O. The van der Waals surface area contributed by atoms with Gasteiger partial charge in [-0.2, -0.15) is 0 Å². The van der Waals surface area contributed by atoms with Gasteiger partial charge in [0.05, 0.1) is 0 Å². The van der Waals surface area contributed by atoms with Crippen LogP contribution in [0.4, 0.5) is 5.82 Å². The third kappa shape index (κ3) is 8.41. The molecule has 0 spiro atoms. The molecule has 1 rings (SSSR count). The van der Waals surface area contributed by atoms with Crippen molar-refractivity contribution < 1.29 is 4.79 Å². The van der Waals surface area contributed by atoms with Crippen molar-refractivity contribution in [3.8, 4) is 0 Å². The van der Waals surface area contributed by atoms with Gasteiger partial charge in [0.25, 0.3) is 0 Å². The van der Waals surface area contributed by atoms with Crippen molar-refractivity contribution in [2.75, 3.05) is 31.6 Å². The van der Waals surface area contributed by atoms with Gasteiger partial charge in [0.1, 0.15) is 5.82 Å². The lowest BCUT2D eigenvalue weighted by Gasteiger charge is -2.19. The fourth-order valence-corrected chi connectivity index (χ4v) is 1.97. The van der Waals surface area contributed by atoms with E-state index in [-0.39, 0.29) is 30.7 Å². The summed E-state index contributed by atoms with van der Waals surface area (Å²) in [6, 6.07) is 4.03. The molecule has 1 aromatic rings. The highest BCUT2D eigenvalue weighted by atomic mass is 35.5. The number of halogens is 2. The summed E-state index contributed by atoms with van der Waals surface area (Å²) in [6.45, 7) is 7.54. The SMILES string of the molecule is CCN(CC)c1ccc(CNC(=O)CCCNC)cn1.Cl.Cl. The van der Waals surface area contributed by atoms with Crippen molar-refractivity contribution in [3.63, 3.8) is 0 Å². The van der Waals surface area contributed by atoms with Gasteiger partial charge in [-0.25, -0.2) is 4.98 Å². The second-order valence-corrected chi connectivity index (χ2v) is 4.68. The Morgan fingerprint density at radius 1 is 1.23 bits per heavy atom. The van der Waals surface area contributed by atoms with E-state index in [1.165, 1.54) is 0 Å². The number of pyridine rings is 1. The van der Waals surface area contributed by atoms with Gasteiger partial charge in [0, 0.05) is 32.3 Å². The number of carbonyl (C=O) groups is 1. The van der Waals surface area contributed by atoms with Crippen molar-refractivity contribution >= 4 is 36.5 Å². The van der Waals surface area contributed by atoms with Gasteiger partial charge in [-0.05, 0) is 45.5 Å². The number of hydrogen-bond acceptors (Lipinski definition) is 4. The van der Waals surface area contributed by atoms with Gasteiger partial charge in [0.15, 0.2) is 0 Å². The van der Waals surface area contributed by atoms with E-state index in [1.807, 2.05) is 25.4 Å². The largest absolute Gasteiger partial charge is 0.357 e. The number of nitrogens with zero attached hydrogens (tertiary/aromatic N) is 2. The summed E-state index contributed by atoms with van der Waals surface area (Å²) in [4.78, 5) is 18.2. The molecule has 0 atom stereocenters. The highest BCUT2D eigenvalue weighted by molar-refractivity contribution is 5.85. The molecule has 0 aliphatic rings. The molecule has 1 aromatic heterocycles. The molecule has 7 heteroatoms. The molecule has 0 saturated carbocycles. The maximum absolute atomic E-state index is 11.6. The Morgan fingerprint density at radius 2 is 1.91 bits per heavy atom. The van der Waals surface area contributed by atoms with Crippen molar-refractivity contribution in [2.24, 2.45) is 0 Å². The number of rotatable bonds is 9. The van der Waals surface area contributed by atoms with Gasteiger partial charge in [-0.1, -0.05) is 6.07 Å². The van der Waals surface area contributed by atoms with E-state index in [1.54, 1.807) is 0 Å². The van der Waals surface area contributed by atoms with Gasteiger partial charge < -0.3 is 15.5 Å². The molecular weight excluding hydrogens is 323 g/mol. The Labute approximate surface area is 146 Å². The number of anilines is 1. The van der Waals surface area contributed by atoms with Gasteiger partial charge >= 0.3 is 0 Å². The van der Waals surface area contributed by atoms with Crippen LogP contribution in [0.3, 0.4) is 0 Å². The number of nitrogens with one attached hydrogen (secondary N) is 2. The second-order valence-electron chi connectivity index (χ2n) is 4.68. The molecule has 128 valence electrons. The predicted molar refractivity (Wildman–Crippen MR) is 97.3 cm³/mol. The van der Waals surface area contributed by atoms with Crippen LogP contribution in [0.15, 0.2) is 18.3 Å². The second kappa shape index (κ2) is 13.6. The number of aromatic nitrogens is 1. The smallest absolute Gasteiger partial charge is 0.220 e. The van der Waals surface area contributed by atoms with E-state index in [9.17, 15) is 4.79 Å². The van der Waals surface area contributed by atoms with Crippen molar-refractivity contribution in [3.05, 3.63) is 23.9 Å². The molecule has 0 bridgehead atoms. The number of hydrogen-bond donors (Lipinski definition) is 2. The Bertz CT molecular complexity index is 397. The molecule has 0 aliphatic heterocycles. The average Bonchev–Trinajstić information content (AvgIpc) is 2.48. The molecule has 0 radical (unpaired) electrons. The predicted octanol–water partition coefficient (Wildman–Crippen LogP) is 2.39. The fourth-order valence-electron chi connectivity index (χ4n) is 1.97. The number of amides is 1. The van der Waals surface area contributed by atoms with Crippen LogP contribution in [0.25, 0.3) is 0 Å². The summed E-state index contributed by atoms with van der Waals surface area (Å²) in [5.74, 6) is 1.08. The maximum Gasteiger partial charge on any atom is 0.220 e. The zero-order valence-corrected chi connectivity index (χ0v) is 15.2. The standard InChI is InChI=1S/C15H26N4O.2ClH/c1-4-19(5-2)14-9-8-13(11-17-14)12-18-15(20)7-6-10-16-3;;/h8-9,11,16H,4-7,10,12H2,1-3H3,(H,18,20);2*1H. The Morgan fingerprint density at radius 3 is 2.41 bits per heavy atom. The molecule has 1 amide bonds. The quantitative estimate of drug-likeness (QED) is 0.671. The highest BCUT2D eigenvalue weighted by Crippen LogP contribution is 2.10. The Hall–Kier alpha value is -1.04. The summed E-state index contributed by atoms with van der Waals surface area (Å²) in [6.07, 6.45) is 3.26. The fraction of sp³-hybridized carbons (Fsp3) is 0.600. The van der Waals surface area contributed by atoms with Crippen LogP contribution < -0.4 is 15.5 Å². The normalized spacial score (nSPS) is 9.41. The van der Waals surface area contributed by atoms with E-state index in [2.05, 4.69) is 34.4 Å². The van der Waals surface area contributed by atoms with Gasteiger partial charge in [-0.3, -0.25) is 4.79 Å². The van der Waals surface area contributed by atoms with E-state index in [0.717, 1.165) is 37.4 Å². The molecule has 0 fully saturated rings. The van der Waals surface area contributed by atoms with Crippen LogP contribution in [0.5, 0.6) is 0 Å². The Balaban J connectivity index is 0. The third-order valence-corrected chi connectivity index (χ3v) is 3.22. The van der Waals surface area contributed by atoms with Gasteiger partial charge in [-0.15, -0.1) is 24.8 Å². The summed E-state index contributed by atoms with van der Waals surface area (Å²) >= 11 is 0. The van der Waals surface area contributed by atoms with E-state index >= 15 is 0 Å². The Kier molecular flexibility index (Phi) is 14.4. The minimum absolute atomic E-state index is 0. The lowest BCUT2D eigenvalue weighted by atomic mass is 10.2. The van der Waals surface area contributed by atoms with Crippen molar-refractivity contribution in [2.45, 2.75) is 33.2 Å². The summed E-state index contributed by atoms with van der Waals surface area (Å²) in [7, 11) is 1.89. The topological polar surface area (TPSA) is 57.3 Å². The molecule has 5 nitrogen and oxygen atoms in total. The van der Waals surface area contributed by atoms with Crippen LogP contribution in [0.2, 0.25) is 0 Å². The first-order valence-electron chi connectivity index (χ1n) is 7.32. The third-order valence-electron chi connectivity index (χ3n) is 3.22. The summed E-state index contributed by atoms with van der Waals surface area (Å²) in [5.41, 5.74) is 1.03. The molecule has 0 unspecified atom stereocenters. The summed E-state index contributed by atoms with van der Waals surface area (Å²) in [5, 5.41) is 5.94. The van der Waals surface area contributed by atoms with Gasteiger partial charge in [0.2, 0.25) is 5.91 Å². The number of carbonyl (C=O) groups excluding carboxylic acids is 1. The zero-order valence-electron chi connectivity index (χ0n) is 13.6. The lowest BCUT2D eigenvalue weighted by molar-refractivity contribution is -0.121. The molecule has 0 saturated heterocycles. The highest BCUT2D eigenvalue weighted by Gasteiger charge is 2.04. The summed E-state index contributed by atoms with van der Waals surface area (Å²) < 4.78 is 0. The first-order chi connectivity index (χ1) is 9.71. The molecule has 0 aliphatic carbocycles. The molecule has 1 heterocycles. The monoisotopic (exact) mass is 350 g/mol. The van der Waals surface area contributed by atoms with E-state index in [0.29, 0.717) is 13.0 Å². The van der Waals surface area contributed by atoms with Crippen molar-refractivity contribution in [1.29, 1.82) is 0 Å². The zero-order chi connectivity index (χ0) is 14.8. The first-order valence-corrected chi connectivity index (χ1v) is 7.32. The van der Waals surface area contributed by atoms with Crippen LogP contribution in [-0.2, 0) is 11.3 Å². The maximum atomic E-state index is 11.6. The lowest BCUT2D eigenvalue weighted by Crippen LogP contribution is -2.24. The molecule has 2 N–H and O–H groups in total. The van der Waals surface area contributed by atoms with E-state index < -0.39 is 0 Å². The molecule has 0 aromatic carbocycles. The van der Waals surface area contributed by atoms with Crippen molar-refractivity contribution in [1.82, 2.24) is 15.6 Å². The molecule has 22 heavy (non-hydrogen) atoms. The minimum atomic E-state index is 0. The van der Waals surface area contributed by atoms with E-state index in [4.69, 9.17) is 0 Å². The van der Waals surface area contributed by atoms with Crippen LogP contribution in [0, 0.1) is 0 Å². The minimum Gasteiger partial charge on any atom is -0.357 e. The van der Waals surface area contributed by atoms with Crippen LogP contribution >= 0.6 is 24.8 Å². The first kappa shape index (κ1) is 23.2. The van der Waals surface area contributed by atoms with Crippen LogP contribution in [-0.4, -0.2) is 37.6 Å². The van der Waals surface area contributed by atoms with Crippen LogP contribution in [0.1, 0.15) is 32.3 Å². The average molecular weight is 351 g/mol.